The lowest BCUT2D eigenvalue weighted by Crippen LogP contribution is -2.26. The molecule has 7 nitrogen and oxygen atoms in total. The lowest BCUT2D eigenvalue weighted by molar-refractivity contribution is 0.0694. The number of carbonyl (C=O) groups excluding carboxylic acids is 1. The second-order valence-electron chi connectivity index (χ2n) is 5.69. The average Bonchev–Trinajstić information content (AvgIpc) is 2.99. The summed E-state index contributed by atoms with van der Waals surface area (Å²) in [5.41, 5.74) is 0.522. The van der Waals surface area contributed by atoms with Crippen LogP contribution in [0.2, 0.25) is 0 Å². The number of aromatic carboxylic acids is 1. The first-order chi connectivity index (χ1) is 12.4. The number of carboxylic acids is 1. The van der Waals surface area contributed by atoms with E-state index in [1.165, 1.54) is 11.0 Å². The molecule has 0 fully saturated rings. The van der Waals surface area contributed by atoms with E-state index in [0.29, 0.717) is 42.7 Å². The molecular weight excluding hydrogens is 338 g/mol. The zero-order chi connectivity index (χ0) is 19.1. The van der Waals surface area contributed by atoms with Crippen LogP contribution in [0.15, 0.2) is 34.7 Å². The summed E-state index contributed by atoms with van der Waals surface area (Å²) in [6, 6.07) is 8.40. The number of para-hydroxylation sites is 1. The van der Waals surface area contributed by atoms with Gasteiger partial charge in [-0.2, -0.15) is 0 Å². The molecule has 0 radical (unpaired) electrons. The molecule has 1 aromatic carbocycles. The van der Waals surface area contributed by atoms with E-state index in [9.17, 15) is 9.59 Å². The third-order valence-electron chi connectivity index (χ3n) is 3.75. The van der Waals surface area contributed by atoms with Gasteiger partial charge in [0, 0.05) is 13.7 Å². The van der Waals surface area contributed by atoms with Gasteiger partial charge >= 0.3 is 5.97 Å². The van der Waals surface area contributed by atoms with Crippen LogP contribution >= 0.6 is 0 Å². The predicted molar refractivity (Wildman–Crippen MR) is 94.6 cm³/mol. The molecule has 0 saturated carbocycles. The van der Waals surface area contributed by atoms with Crippen molar-refractivity contribution in [3.63, 3.8) is 0 Å². The number of aryl methyl sites for hydroxylation is 1. The predicted octanol–water partition coefficient (Wildman–Crippen LogP) is 2.97. The van der Waals surface area contributed by atoms with Crippen LogP contribution in [0.5, 0.6) is 5.75 Å². The standard InChI is InChI=1S/C19H23NO6/c1-4-24-9-10-25-17-8-6-5-7-15(17)18(21)20(3)12-14-11-16(19(22)23)13(2)26-14/h5-8,11H,4,9-10,12H2,1-3H3,(H,22,23). The third kappa shape index (κ3) is 4.86. The summed E-state index contributed by atoms with van der Waals surface area (Å²) in [5.74, 6) is -0.105. The lowest BCUT2D eigenvalue weighted by atomic mass is 10.1. The van der Waals surface area contributed by atoms with E-state index >= 15 is 0 Å². The molecule has 0 aliphatic carbocycles. The zero-order valence-electron chi connectivity index (χ0n) is 15.2. The molecular formula is C19H23NO6. The molecule has 0 aliphatic rings. The van der Waals surface area contributed by atoms with Gasteiger partial charge < -0.3 is 23.9 Å². The molecule has 1 heterocycles. The van der Waals surface area contributed by atoms with Gasteiger partial charge in [-0.25, -0.2) is 4.79 Å². The molecule has 0 saturated heterocycles. The SMILES string of the molecule is CCOCCOc1ccccc1C(=O)N(C)Cc1cc(C(=O)O)c(C)o1. The fraction of sp³-hybridized carbons (Fsp3) is 0.368. The Hall–Kier alpha value is -2.80. The van der Waals surface area contributed by atoms with Crippen LogP contribution in [0.1, 0.15) is 39.2 Å². The summed E-state index contributed by atoms with van der Waals surface area (Å²) >= 11 is 0. The van der Waals surface area contributed by atoms with E-state index < -0.39 is 5.97 Å². The Balaban J connectivity index is 2.08. The van der Waals surface area contributed by atoms with Gasteiger partial charge in [0.25, 0.3) is 5.91 Å². The van der Waals surface area contributed by atoms with Crippen molar-refractivity contribution in [3.05, 3.63) is 53.0 Å². The molecule has 2 aromatic rings. The van der Waals surface area contributed by atoms with Crippen LogP contribution in [0.3, 0.4) is 0 Å². The third-order valence-corrected chi connectivity index (χ3v) is 3.75. The first kappa shape index (κ1) is 19.5. The van der Waals surface area contributed by atoms with Gasteiger partial charge in [-0.3, -0.25) is 4.79 Å². The maximum atomic E-state index is 12.7. The summed E-state index contributed by atoms with van der Waals surface area (Å²) in [6.45, 7) is 5.03. The fourth-order valence-electron chi connectivity index (χ4n) is 2.47. The molecule has 1 N–H and O–H groups in total. The quantitative estimate of drug-likeness (QED) is 0.691. The molecule has 1 amide bonds. The number of amides is 1. The minimum Gasteiger partial charge on any atom is -0.490 e. The van der Waals surface area contributed by atoms with E-state index in [1.807, 2.05) is 6.92 Å². The van der Waals surface area contributed by atoms with Crippen LogP contribution in [0, 0.1) is 6.92 Å². The van der Waals surface area contributed by atoms with E-state index in [0.717, 1.165) is 0 Å². The second-order valence-corrected chi connectivity index (χ2v) is 5.69. The number of furan rings is 1. The summed E-state index contributed by atoms with van der Waals surface area (Å²) in [6.07, 6.45) is 0. The summed E-state index contributed by atoms with van der Waals surface area (Å²) in [7, 11) is 1.62. The Morgan fingerprint density at radius 1 is 1.19 bits per heavy atom. The maximum absolute atomic E-state index is 12.7. The Morgan fingerprint density at radius 3 is 2.58 bits per heavy atom. The monoisotopic (exact) mass is 361 g/mol. The molecule has 0 atom stereocenters. The zero-order valence-corrected chi connectivity index (χ0v) is 15.2. The molecule has 0 spiro atoms. The highest BCUT2D eigenvalue weighted by Crippen LogP contribution is 2.21. The molecule has 0 unspecified atom stereocenters. The highest BCUT2D eigenvalue weighted by atomic mass is 16.5. The van der Waals surface area contributed by atoms with Crippen LogP contribution in [0.4, 0.5) is 0 Å². The fourth-order valence-corrected chi connectivity index (χ4v) is 2.47. The smallest absolute Gasteiger partial charge is 0.339 e. The van der Waals surface area contributed by atoms with Crippen LogP contribution < -0.4 is 4.74 Å². The largest absolute Gasteiger partial charge is 0.490 e. The Bertz CT molecular complexity index is 767. The Kier molecular flexibility index (Phi) is 6.80. The van der Waals surface area contributed by atoms with Crippen molar-refractivity contribution in [1.82, 2.24) is 4.90 Å². The van der Waals surface area contributed by atoms with Crippen LogP contribution in [-0.2, 0) is 11.3 Å². The molecule has 1 aromatic heterocycles. The minimum atomic E-state index is -1.06. The summed E-state index contributed by atoms with van der Waals surface area (Å²) < 4.78 is 16.3. The number of carbonyl (C=O) groups is 2. The van der Waals surface area contributed by atoms with Gasteiger partial charge in [0.2, 0.25) is 0 Å². The number of carboxylic acid groups (broad SMARTS) is 1. The number of hydrogen-bond acceptors (Lipinski definition) is 5. The van der Waals surface area contributed by atoms with E-state index in [4.69, 9.17) is 19.0 Å². The number of hydrogen-bond donors (Lipinski definition) is 1. The van der Waals surface area contributed by atoms with Crippen molar-refractivity contribution in [2.75, 3.05) is 26.9 Å². The van der Waals surface area contributed by atoms with Crippen molar-refractivity contribution in [2.45, 2.75) is 20.4 Å². The molecule has 26 heavy (non-hydrogen) atoms. The first-order valence-electron chi connectivity index (χ1n) is 8.31. The highest BCUT2D eigenvalue weighted by Gasteiger charge is 2.20. The Labute approximate surface area is 152 Å². The topological polar surface area (TPSA) is 89.2 Å². The number of nitrogens with zero attached hydrogens (tertiary/aromatic N) is 1. The molecule has 0 bridgehead atoms. The van der Waals surface area contributed by atoms with Crippen LogP contribution in [-0.4, -0.2) is 48.8 Å². The van der Waals surface area contributed by atoms with Crippen molar-refractivity contribution >= 4 is 11.9 Å². The molecule has 7 heteroatoms. The van der Waals surface area contributed by atoms with Gasteiger partial charge in [0.1, 0.15) is 29.4 Å². The highest BCUT2D eigenvalue weighted by molar-refractivity contribution is 5.96. The maximum Gasteiger partial charge on any atom is 0.339 e. The lowest BCUT2D eigenvalue weighted by Gasteiger charge is -2.18. The van der Waals surface area contributed by atoms with Gasteiger partial charge in [0.05, 0.1) is 18.7 Å². The van der Waals surface area contributed by atoms with Crippen molar-refractivity contribution in [1.29, 1.82) is 0 Å². The van der Waals surface area contributed by atoms with Gasteiger partial charge in [0.15, 0.2) is 0 Å². The van der Waals surface area contributed by atoms with Crippen molar-refractivity contribution < 1.29 is 28.6 Å². The van der Waals surface area contributed by atoms with Gasteiger partial charge in [-0.1, -0.05) is 12.1 Å². The van der Waals surface area contributed by atoms with Gasteiger partial charge in [-0.05, 0) is 32.0 Å². The number of benzene rings is 1. The number of rotatable bonds is 9. The normalized spacial score (nSPS) is 10.6. The second kappa shape index (κ2) is 9.05. The van der Waals surface area contributed by atoms with E-state index in [1.54, 1.807) is 38.2 Å². The molecule has 2 rings (SSSR count). The van der Waals surface area contributed by atoms with Crippen molar-refractivity contribution in [2.24, 2.45) is 0 Å². The first-order valence-corrected chi connectivity index (χ1v) is 8.31. The van der Waals surface area contributed by atoms with Crippen molar-refractivity contribution in [3.8, 4) is 5.75 Å². The summed E-state index contributed by atoms with van der Waals surface area (Å²) in [4.78, 5) is 25.3. The average molecular weight is 361 g/mol. The molecule has 140 valence electrons. The molecule has 0 aliphatic heterocycles. The summed E-state index contributed by atoms with van der Waals surface area (Å²) in [5, 5.41) is 9.09. The minimum absolute atomic E-state index is 0.0977. The van der Waals surface area contributed by atoms with Crippen LogP contribution in [0.25, 0.3) is 0 Å². The van der Waals surface area contributed by atoms with Gasteiger partial charge in [-0.15, -0.1) is 0 Å². The Morgan fingerprint density at radius 2 is 1.92 bits per heavy atom. The number of ether oxygens (including phenoxy) is 2. The van der Waals surface area contributed by atoms with E-state index in [-0.39, 0.29) is 18.0 Å². The van der Waals surface area contributed by atoms with E-state index in [2.05, 4.69) is 0 Å².